The van der Waals surface area contributed by atoms with Gasteiger partial charge < -0.3 is 19.7 Å². The second kappa shape index (κ2) is 10.7. The molecule has 0 spiro atoms. The minimum Gasteiger partial charge on any atom is -0.385 e. The lowest BCUT2D eigenvalue weighted by molar-refractivity contribution is -0.132. The van der Waals surface area contributed by atoms with Crippen molar-refractivity contribution in [2.24, 2.45) is 5.92 Å². The van der Waals surface area contributed by atoms with Crippen molar-refractivity contribution in [2.45, 2.75) is 50.5 Å². The van der Waals surface area contributed by atoms with Gasteiger partial charge in [0.2, 0.25) is 11.8 Å². The largest absolute Gasteiger partial charge is 0.385 e. The number of hydrogen-bond acceptors (Lipinski definition) is 4. The first-order valence-electron chi connectivity index (χ1n) is 10.8. The van der Waals surface area contributed by atoms with Crippen molar-refractivity contribution >= 4 is 11.8 Å². The summed E-state index contributed by atoms with van der Waals surface area (Å²) in [7, 11) is 1.68. The summed E-state index contributed by atoms with van der Waals surface area (Å²) in [6.07, 6.45) is 5.36. The Balaban J connectivity index is 1.52. The van der Waals surface area contributed by atoms with Gasteiger partial charge in [-0.15, -0.1) is 0 Å². The molecule has 2 saturated heterocycles. The van der Waals surface area contributed by atoms with E-state index in [0.717, 1.165) is 38.5 Å². The fraction of sp³-hybridized carbons (Fsp3) is 0.652. The van der Waals surface area contributed by atoms with Crippen LogP contribution < -0.4 is 5.32 Å². The minimum atomic E-state index is -0.375. The molecule has 0 radical (unpaired) electrons. The van der Waals surface area contributed by atoms with Crippen LogP contribution in [0.5, 0.6) is 0 Å². The van der Waals surface area contributed by atoms with Crippen LogP contribution >= 0.6 is 0 Å². The molecule has 2 amide bonds. The van der Waals surface area contributed by atoms with Crippen molar-refractivity contribution < 1.29 is 19.1 Å². The van der Waals surface area contributed by atoms with Gasteiger partial charge in [0.1, 0.15) is 0 Å². The quantitative estimate of drug-likeness (QED) is 0.689. The third-order valence-electron chi connectivity index (χ3n) is 6.17. The molecule has 1 atom stereocenters. The van der Waals surface area contributed by atoms with Gasteiger partial charge in [-0.3, -0.25) is 9.59 Å². The summed E-state index contributed by atoms with van der Waals surface area (Å²) in [4.78, 5) is 27.5. The summed E-state index contributed by atoms with van der Waals surface area (Å²) in [5.41, 5.74) is 0.889. The molecule has 29 heavy (non-hydrogen) atoms. The third kappa shape index (κ3) is 6.28. The van der Waals surface area contributed by atoms with E-state index in [2.05, 4.69) is 17.4 Å². The van der Waals surface area contributed by atoms with Gasteiger partial charge in [0.25, 0.3) is 0 Å². The standard InChI is InChI=1S/C23H34N2O4/c1-28-17-13-23(24-22(27)20-10-15-29-16-11-20)12-14-25(18-23)21(26)9-5-8-19-6-3-2-4-7-19/h2-4,6-7,20H,5,8-18H2,1H3,(H,24,27). The summed E-state index contributed by atoms with van der Waals surface area (Å²) in [6.45, 7) is 3.14. The fourth-order valence-electron chi connectivity index (χ4n) is 4.32. The molecule has 0 aromatic heterocycles. The van der Waals surface area contributed by atoms with Crippen LogP contribution in [0.3, 0.4) is 0 Å². The molecule has 3 rings (SSSR count). The molecule has 2 fully saturated rings. The average Bonchev–Trinajstić information content (AvgIpc) is 3.18. The molecule has 0 saturated carbocycles. The van der Waals surface area contributed by atoms with E-state index in [1.54, 1.807) is 7.11 Å². The summed E-state index contributed by atoms with van der Waals surface area (Å²) in [6, 6.07) is 10.3. The monoisotopic (exact) mass is 402 g/mol. The predicted molar refractivity (Wildman–Crippen MR) is 111 cm³/mol. The first-order valence-corrected chi connectivity index (χ1v) is 10.8. The lowest BCUT2D eigenvalue weighted by Gasteiger charge is -2.33. The maximum Gasteiger partial charge on any atom is 0.223 e. The number of nitrogens with zero attached hydrogens (tertiary/aromatic N) is 1. The molecule has 2 aliphatic rings. The number of rotatable bonds is 9. The van der Waals surface area contributed by atoms with Crippen molar-refractivity contribution in [3.05, 3.63) is 35.9 Å². The smallest absolute Gasteiger partial charge is 0.223 e. The number of likely N-dealkylation sites (tertiary alicyclic amines) is 1. The zero-order chi connectivity index (χ0) is 20.5. The van der Waals surface area contributed by atoms with E-state index in [-0.39, 0.29) is 23.3 Å². The Kier molecular flexibility index (Phi) is 8.07. The van der Waals surface area contributed by atoms with Crippen molar-refractivity contribution in [1.82, 2.24) is 10.2 Å². The topological polar surface area (TPSA) is 67.9 Å². The van der Waals surface area contributed by atoms with Crippen LogP contribution in [0.1, 0.15) is 44.1 Å². The lowest BCUT2D eigenvalue weighted by Crippen LogP contribution is -2.53. The normalized spacial score (nSPS) is 22.6. The zero-order valence-corrected chi connectivity index (χ0v) is 17.5. The molecule has 1 aromatic carbocycles. The number of nitrogens with one attached hydrogen (secondary N) is 1. The SMILES string of the molecule is COCCC1(NC(=O)C2CCOCC2)CCN(C(=O)CCCc2ccccc2)C1. The average molecular weight is 403 g/mol. The molecule has 160 valence electrons. The summed E-state index contributed by atoms with van der Waals surface area (Å²) >= 11 is 0. The number of ether oxygens (including phenoxy) is 2. The molecule has 0 bridgehead atoms. The van der Waals surface area contributed by atoms with E-state index in [9.17, 15) is 9.59 Å². The molecule has 6 heteroatoms. The van der Waals surface area contributed by atoms with Crippen LogP contribution in [0.25, 0.3) is 0 Å². The van der Waals surface area contributed by atoms with Crippen molar-refractivity contribution in [2.75, 3.05) is 40.0 Å². The number of benzene rings is 1. The number of methoxy groups -OCH3 is 1. The van der Waals surface area contributed by atoms with Gasteiger partial charge in [-0.25, -0.2) is 0 Å². The van der Waals surface area contributed by atoms with Crippen LogP contribution in [0, 0.1) is 5.92 Å². The second-order valence-electron chi connectivity index (χ2n) is 8.30. The van der Waals surface area contributed by atoms with Crippen LogP contribution in [-0.4, -0.2) is 62.3 Å². The van der Waals surface area contributed by atoms with E-state index >= 15 is 0 Å². The first-order chi connectivity index (χ1) is 14.1. The summed E-state index contributed by atoms with van der Waals surface area (Å²) in [5, 5.41) is 3.30. The fourth-order valence-corrected chi connectivity index (χ4v) is 4.32. The molecule has 0 aliphatic carbocycles. The molecule has 2 aliphatic heterocycles. The number of amides is 2. The number of carbonyl (C=O) groups excluding carboxylic acids is 2. The Morgan fingerprint density at radius 3 is 2.72 bits per heavy atom. The Morgan fingerprint density at radius 1 is 1.24 bits per heavy atom. The van der Waals surface area contributed by atoms with Gasteiger partial charge in [-0.1, -0.05) is 30.3 Å². The minimum absolute atomic E-state index is 0.0128. The van der Waals surface area contributed by atoms with Crippen molar-refractivity contribution in [3.63, 3.8) is 0 Å². The van der Waals surface area contributed by atoms with Crippen LogP contribution in [0.15, 0.2) is 30.3 Å². The van der Waals surface area contributed by atoms with E-state index in [4.69, 9.17) is 9.47 Å². The molecule has 1 unspecified atom stereocenters. The molecule has 6 nitrogen and oxygen atoms in total. The highest BCUT2D eigenvalue weighted by Crippen LogP contribution is 2.27. The van der Waals surface area contributed by atoms with Gasteiger partial charge in [-0.2, -0.15) is 0 Å². The van der Waals surface area contributed by atoms with E-state index < -0.39 is 0 Å². The molecular weight excluding hydrogens is 368 g/mol. The third-order valence-corrected chi connectivity index (χ3v) is 6.17. The zero-order valence-electron chi connectivity index (χ0n) is 17.5. The highest BCUT2D eigenvalue weighted by atomic mass is 16.5. The number of aryl methyl sites for hydroxylation is 1. The van der Waals surface area contributed by atoms with Crippen molar-refractivity contribution in [3.8, 4) is 0 Å². The van der Waals surface area contributed by atoms with Gasteiger partial charge in [-0.05, 0) is 44.1 Å². The van der Waals surface area contributed by atoms with Crippen LogP contribution in [0.4, 0.5) is 0 Å². The Morgan fingerprint density at radius 2 is 2.00 bits per heavy atom. The summed E-state index contributed by atoms with van der Waals surface area (Å²) < 4.78 is 10.7. The molecule has 2 heterocycles. The maximum atomic E-state index is 12.8. The lowest BCUT2D eigenvalue weighted by atomic mass is 9.91. The second-order valence-corrected chi connectivity index (χ2v) is 8.30. The van der Waals surface area contributed by atoms with Gasteiger partial charge in [0.15, 0.2) is 0 Å². The highest BCUT2D eigenvalue weighted by molar-refractivity contribution is 5.80. The Hall–Kier alpha value is -1.92. The maximum absolute atomic E-state index is 12.8. The highest BCUT2D eigenvalue weighted by Gasteiger charge is 2.41. The van der Waals surface area contributed by atoms with Crippen LogP contribution in [0.2, 0.25) is 0 Å². The van der Waals surface area contributed by atoms with Gasteiger partial charge in [0, 0.05) is 52.4 Å². The summed E-state index contributed by atoms with van der Waals surface area (Å²) in [5.74, 6) is 0.294. The molecule has 1 N–H and O–H groups in total. The Labute approximate surface area is 173 Å². The Bertz CT molecular complexity index is 660. The predicted octanol–water partition coefficient (Wildman–Crippen LogP) is 2.56. The van der Waals surface area contributed by atoms with Gasteiger partial charge in [0.05, 0.1) is 5.54 Å². The number of hydrogen-bond donors (Lipinski definition) is 1. The van der Waals surface area contributed by atoms with E-state index in [1.165, 1.54) is 5.56 Å². The molecule has 1 aromatic rings. The molecular formula is C23H34N2O4. The van der Waals surface area contributed by atoms with Gasteiger partial charge >= 0.3 is 0 Å². The first kappa shape index (κ1) is 21.8. The number of carbonyl (C=O) groups is 2. The van der Waals surface area contributed by atoms with Crippen molar-refractivity contribution in [1.29, 1.82) is 0 Å². The van der Waals surface area contributed by atoms with Crippen LogP contribution in [-0.2, 0) is 25.5 Å². The van der Waals surface area contributed by atoms with E-state index in [1.807, 2.05) is 23.1 Å². The van der Waals surface area contributed by atoms with E-state index in [0.29, 0.717) is 39.3 Å².